The molecular formula is C18H27N3O. The number of carbonyl (C=O) groups is 1. The molecule has 0 saturated carbocycles. The van der Waals surface area contributed by atoms with Crippen LogP contribution in [0.15, 0.2) is 30.3 Å². The van der Waals surface area contributed by atoms with Crippen LogP contribution in [0.5, 0.6) is 0 Å². The largest absolute Gasteiger partial charge is 0.340 e. The van der Waals surface area contributed by atoms with Crippen molar-refractivity contribution >= 4 is 5.91 Å². The highest BCUT2D eigenvalue weighted by molar-refractivity contribution is 5.79. The monoisotopic (exact) mass is 301 g/mol. The molecule has 1 amide bonds. The lowest BCUT2D eigenvalue weighted by Crippen LogP contribution is -2.51. The van der Waals surface area contributed by atoms with Crippen LogP contribution in [0.25, 0.3) is 0 Å². The summed E-state index contributed by atoms with van der Waals surface area (Å²) in [5.41, 5.74) is 1.36. The topological polar surface area (TPSA) is 26.8 Å². The highest BCUT2D eigenvalue weighted by atomic mass is 16.2. The lowest BCUT2D eigenvalue weighted by molar-refractivity contribution is -0.138. The molecule has 4 heteroatoms. The van der Waals surface area contributed by atoms with E-state index in [1.54, 1.807) is 0 Å². The van der Waals surface area contributed by atoms with Crippen LogP contribution >= 0.6 is 0 Å². The molecule has 2 aliphatic heterocycles. The molecule has 120 valence electrons. The van der Waals surface area contributed by atoms with E-state index in [1.807, 2.05) is 0 Å². The van der Waals surface area contributed by atoms with Gasteiger partial charge in [0.1, 0.15) is 0 Å². The number of amides is 1. The van der Waals surface area contributed by atoms with E-state index in [0.717, 1.165) is 58.7 Å². The van der Waals surface area contributed by atoms with E-state index in [1.165, 1.54) is 5.56 Å². The Hall–Kier alpha value is -1.39. The maximum absolute atomic E-state index is 12.6. The predicted octanol–water partition coefficient (Wildman–Crippen LogP) is 1.67. The second-order valence-corrected chi connectivity index (χ2v) is 6.66. The van der Waals surface area contributed by atoms with Gasteiger partial charge in [-0.3, -0.25) is 9.69 Å². The van der Waals surface area contributed by atoms with Gasteiger partial charge in [0, 0.05) is 38.6 Å². The number of rotatable bonds is 3. The lowest BCUT2D eigenvalue weighted by atomic mass is 9.95. The van der Waals surface area contributed by atoms with E-state index in [2.05, 4.69) is 52.1 Å². The summed E-state index contributed by atoms with van der Waals surface area (Å²) < 4.78 is 0. The van der Waals surface area contributed by atoms with Gasteiger partial charge in [-0.1, -0.05) is 30.3 Å². The maximum atomic E-state index is 12.6. The summed E-state index contributed by atoms with van der Waals surface area (Å²) in [5.74, 6) is 0.657. The van der Waals surface area contributed by atoms with Crippen LogP contribution in [-0.4, -0.2) is 66.9 Å². The quantitative estimate of drug-likeness (QED) is 0.850. The van der Waals surface area contributed by atoms with Crippen molar-refractivity contribution in [1.29, 1.82) is 0 Å². The molecule has 2 saturated heterocycles. The third-order valence-corrected chi connectivity index (χ3v) is 5.00. The Labute approximate surface area is 133 Å². The molecule has 1 aromatic rings. The number of nitrogens with zero attached hydrogens (tertiary/aromatic N) is 3. The number of hydrogen-bond donors (Lipinski definition) is 0. The van der Waals surface area contributed by atoms with Gasteiger partial charge < -0.3 is 9.80 Å². The average Bonchev–Trinajstić information content (AvgIpc) is 2.57. The molecule has 4 nitrogen and oxygen atoms in total. The molecule has 2 heterocycles. The number of benzene rings is 1. The van der Waals surface area contributed by atoms with Gasteiger partial charge in [-0.25, -0.2) is 0 Å². The molecule has 0 aromatic heterocycles. The Morgan fingerprint density at radius 1 is 1.00 bits per heavy atom. The number of piperidine rings is 1. The van der Waals surface area contributed by atoms with Crippen molar-refractivity contribution in [3.63, 3.8) is 0 Å². The minimum atomic E-state index is 0.261. The summed E-state index contributed by atoms with van der Waals surface area (Å²) in [6, 6.07) is 10.6. The summed E-state index contributed by atoms with van der Waals surface area (Å²) in [6.45, 7) is 6.88. The first kappa shape index (κ1) is 15.5. The zero-order valence-electron chi connectivity index (χ0n) is 13.6. The van der Waals surface area contributed by atoms with Crippen molar-refractivity contribution in [3.05, 3.63) is 35.9 Å². The molecule has 0 radical (unpaired) electrons. The maximum Gasteiger partial charge on any atom is 0.225 e. The van der Waals surface area contributed by atoms with E-state index in [0.29, 0.717) is 5.91 Å². The Morgan fingerprint density at radius 3 is 2.27 bits per heavy atom. The molecule has 2 fully saturated rings. The lowest BCUT2D eigenvalue weighted by Gasteiger charge is -2.38. The SMILES string of the molecule is CN1CCC(C(=O)N2CCN(Cc3ccccc3)CC2)CC1. The minimum absolute atomic E-state index is 0.261. The Bertz CT molecular complexity index is 474. The van der Waals surface area contributed by atoms with E-state index in [4.69, 9.17) is 0 Å². The Kier molecular flexibility index (Phi) is 5.11. The first-order valence-electron chi connectivity index (χ1n) is 8.46. The molecule has 3 rings (SSSR count). The van der Waals surface area contributed by atoms with Crippen LogP contribution in [0.3, 0.4) is 0 Å². The first-order valence-corrected chi connectivity index (χ1v) is 8.46. The van der Waals surface area contributed by atoms with Gasteiger partial charge in [0.05, 0.1) is 0 Å². The molecule has 0 bridgehead atoms. The molecular weight excluding hydrogens is 274 g/mol. The minimum Gasteiger partial charge on any atom is -0.340 e. The van der Waals surface area contributed by atoms with E-state index >= 15 is 0 Å². The highest BCUT2D eigenvalue weighted by Crippen LogP contribution is 2.20. The van der Waals surface area contributed by atoms with Crippen molar-refractivity contribution in [2.45, 2.75) is 19.4 Å². The van der Waals surface area contributed by atoms with Gasteiger partial charge >= 0.3 is 0 Å². The van der Waals surface area contributed by atoms with Crippen LogP contribution < -0.4 is 0 Å². The van der Waals surface area contributed by atoms with Crippen LogP contribution in [-0.2, 0) is 11.3 Å². The zero-order valence-corrected chi connectivity index (χ0v) is 13.6. The van der Waals surface area contributed by atoms with E-state index < -0.39 is 0 Å². The van der Waals surface area contributed by atoms with Crippen molar-refractivity contribution in [2.24, 2.45) is 5.92 Å². The van der Waals surface area contributed by atoms with Crippen LogP contribution in [0.4, 0.5) is 0 Å². The predicted molar refractivity (Wildman–Crippen MR) is 88.5 cm³/mol. The van der Waals surface area contributed by atoms with Gasteiger partial charge in [-0.05, 0) is 38.5 Å². The fraction of sp³-hybridized carbons (Fsp3) is 0.611. The van der Waals surface area contributed by atoms with Gasteiger partial charge in [0.2, 0.25) is 5.91 Å². The van der Waals surface area contributed by atoms with Crippen LogP contribution in [0, 0.1) is 5.92 Å². The second kappa shape index (κ2) is 7.25. The molecule has 0 atom stereocenters. The molecule has 0 spiro atoms. The summed E-state index contributed by atoms with van der Waals surface area (Å²) >= 11 is 0. The molecule has 2 aliphatic rings. The molecule has 22 heavy (non-hydrogen) atoms. The normalized spacial score (nSPS) is 22.0. The number of likely N-dealkylation sites (tertiary alicyclic amines) is 1. The van der Waals surface area contributed by atoms with Crippen LogP contribution in [0.1, 0.15) is 18.4 Å². The third-order valence-electron chi connectivity index (χ3n) is 5.00. The summed E-state index contributed by atoms with van der Waals surface area (Å²) in [6.07, 6.45) is 2.05. The standard InChI is InChI=1S/C18H27N3O/c1-19-9-7-17(8-10-19)18(22)21-13-11-20(12-14-21)15-16-5-3-2-4-6-16/h2-6,17H,7-15H2,1H3. The van der Waals surface area contributed by atoms with Gasteiger partial charge in [0.15, 0.2) is 0 Å². The van der Waals surface area contributed by atoms with Crippen LogP contribution in [0.2, 0.25) is 0 Å². The number of carbonyl (C=O) groups excluding carboxylic acids is 1. The molecule has 0 aliphatic carbocycles. The summed E-state index contributed by atoms with van der Waals surface area (Å²) in [4.78, 5) is 19.5. The van der Waals surface area contributed by atoms with E-state index in [-0.39, 0.29) is 5.92 Å². The van der Waals surface area contributed by atoms with Crippen molar-refractivity contribution < 1.29 is 4.79 Å². The summed E-state index contributed by atoms with van der Waals surface area (Å²) in [7, 11) is 2.14. The van der Waals surface area contributed by atoms with Crippen molar-refractivity contribution in [2.75, 3.05) is 46.3 Å². The zero-order chi connectivity index (χ0) is 15.4. The Morgan fingerprint density at radius 2 is 1.64 bits per heavy atom. The van der Waals surface area contributed by atoms with Gasteiger partial charge in [0.25, 0.3) is 0 Å². The number of piperazine rings is 1. The van der Waals surface area contributed by atoms with Crippen molar-refractivity contribution in [1.82, 2.24) is 14.7 Å². The van der Waals surface area contributed by atoms with Crippen molar-refractivity contribution in [3.8, 4) is 0 Å². The smallest absolute Gasteiger partial charge is 0.225 e. The Balaban J connectivity index is 1.46. The summed E-state index contributed by atoms with van der Waals surface area (Å²) in [5, 5.41) is 0. The fourth-order valence-corrected chi connectivity index (χ4v) is 3.48. The second-order valence-electron chi connectivity index (χ2n) is 6.66. The molecule has 1 aromatic carbocycles. The fourth-order valence-electron chi connectivity index (χ4n) is 3.48. The molecule has 0 N–H and O–H groups in total. The highest BCUT2D eigenvalue weighted by Gasteiger charge is 2.29. The molecule has 0 unspecified atom stereocenters. The van der Waals surface area contributed by atoms with Gasteiger partial charge in [-0.2, -0.15) is 0 Å². The first-order chi connectivity index (χ1) is 10.7. The van der Waals surface area contributed by atoms with E-state index in [9.17, 15) is 4.79 Å². The average molecular weight is 301 g/mol. The third kappa shape index (κ3) is 3.87. The number of hydrogen-bond acceptors (Lipinski definition) is 3. The van der Waals surface area contributed by atoms with Gasteiger partial charge in [-0.15, -0.1) is 0 Å².